The Kier molecular flexibility index (Phi) is 4.88. The molecule has 2 atom stereocenters. The van der Waals surface area contributed by atoms with Gasteiger partial charge in [0.15, 0.2) is 0 Å². The lowest BCUT2D eigenvalue weighted by atomic mass is 9.84. The summed E-state index contributed by atoms with van der Waals surface area (Å²) in [6.07, 6.45) is 7.44. The Morgan fingerprint density at radius 2 is 1.61 bits per heavy atom. The van der Waals surface area contributed by atoms with Crippen LogP contribution in [0.15, 0.2) is 42.5 Å². The average molecular weight is 379 g/mol. The van der Waals surface area contributed by atoms with Crippen LogP contribution < -0.4 is 4.90 Å². The highest BCUT2D eigenvalue weighted by atomic mass is 19.1. The zero-order valence-corrected chi connectivity index (χ0v) is 16.9. The molecule has 2 bridgehead atoms. The molecule has 3 saturated heterocycles. The van der Waals surface area contributed by atoms with Crippen molar-refractivity contribution in [2.75, 3.05) is 18.0 Å². The average Bonchev–Trinajstić information content (AvgIpc) is 3.29. The van der Waals surface area contributed by atoms with Crippen molar-refractivity contribution in [1.82, 2.24) is 4.90 Å². The van der Waals surface area contributed by atoms with Gasteiger partial charge < -0.3 is 4.90 Å². The predicted molar refractivity (Wildman–Crippen MR) is 113 cm³/mol. The number of benzene rings is 2. The van der Waals surface area contributed by atoms with Gasteiger partial charge in [-0.25, -0.2) is 4.39 Å². The van der Waals surface area contributed by atoms with Crippen LogP contribution in [-0.4, -0.2) is 30.1 Å². The van der Waals surface area contributed by atoms with E-state index in [1.165, 1.54) is 49.7 Å². The van der Waals surface area contributed by atoms with Crippen molar-refractivity contribution >= 4 is 5.69 Å². The Bertz CT molecular complexity index is 811. The van der Waals surface area contributed by atoms with E-state index in [2.05, 4.69) is 47.1 Å². The van der Waals surface area contributed by atoms with Crippen LogP contribution in [0.5, 0.6) is 0 Å². The largest absolute Gasteiger partial charge is 0.369 e. The van der Waals surface area contributed by atoms with Crippen LogP contribution in [0.2, 0.25) is 0 Å². The number of rotatable bonds is 4. The number of fused-ring (bicyclic) bond motifs is 2. The minimum Gasteiger partial charge on any atom is -0.369 e. The van der Waals surface area contributed by atoms with Crippen LogP contribution in [0.25, 0.3) is 0 Å². The molecule has 2 nitrogen and oxygen atoms in total. The Hall–Kier alpha value is -1.87. The third kappa shape index (κ3) is 3.45. The van der Waals surface area contributed by atoms with Crippen molar-refractivity contribution in [2.45, 2.75) is 70.0 Å². The topological polar surface area (TPSA) is 6.48 Å². The van der Waals surface area contributed by atoms with Gasteiger partial charge in [0, 0.05) is 31.7 Å². The number of nitrogens with zero attached hydrogens (tertiary/aromatic N) is 2. The molecule has 0 N–H and O–H groups in total. The second-order valence-corrected chi connectivity index (χ2v) is 9.12. The fourth-order valence-electron chi connectivity index (χ4n) is 5.72. The Morgan fingerprint density at radius 1 is 0.929 bits per heavy atom. The first kappa shape index (κ1) is 18.2. The van der Waals surface area contributed by atoms with E-state index in [1.54, 1.807) is 6.07 Å². The molecule has 2 unspecified atom stereocenters. The molecule has 3 fully saturated rings. The van der Waals surface area contributed by atoms with E-state index in [-0.39, 0.29) is 5.82 Å². The Labute approximate surface area is 168 Å². The van der Waals surface area contributed by atoms with Crippen molar-refractivity contribution in [3.8, 4) is 0 Å². The molecule has 3 aliphatic heterocycles. The van der Waals surface area contributed by atoms with Gasteiger partial charge in [-0.1, -0.05) is 35.9 Å². The van der Waals surface area contributed by atoms with Crippen molar-refractivity contribution in [3.05, 3.63) is 65.0 Å². The maximum absolute atomic E-state index is 14.7. The highest BCUT2D eigenvalue weighted by Crippen LogP contribution is 2.43. The first-order chi connectivity index (χ1) is 13.7. The van der Waals surface area contributed by atoms with E-state index >= 15 is 0 Å². The molecule has 0 aromatic heterocycles. The van der Waals surface area contributed by atoms with E-state index in [0.717, 1.165) is 30.9 Å². The summed E-state index contributed by atoms with van der Waals surface area (Å²) in [5, 5.41) is 0. The lowest BCUT2D eigenvalue weighted by molar-refractivity contribution is 0.118. The normalized spacial score (nSPS) is 27.5. The van der Waals surface area contributed by atoms with Crippen molar-refractivity contribution in [2.24, 2.45) is 0 Å². The molecule has 2 aromatic carbocycles. The summed E-state index contributed by atoms with van der Waals surface area (Å²) in [6, 6.07) is 16.4. The van der Waals surface area contributed by atoms with E-state index < -0.39 is 0 Å². The fourth-order valence-corrected chi connectivity index (χ4v) is 5.72. The van der Waals surface area contributed by atoms with Crippen LogP contribution in [0.4, 0.5) is 10.1 Å². The maximum atomic E-state index is 14.7. The lowest BCUT2D eigenvalue weighted by Gasteiger charge is -2.39. The minimum atomic E-state index is -0.0405. The second-order valence-electron chi connectivity index (χ2n) is 9.12. The third-order valence-electron chi connectivity index (χ3n) is 7.26. The number of aryl methyl sites for hydroxylation is 1. The molecule has 5 rings (SSSR count). The highest BCUT2D eigenvalue weighted by Gasteiger charge is 2.40. The van der Waals surface area contributed by atoms with Crippen LogP contribution in [0.1, 0.15) is 61.1 Å². The number of anilines is 1. The smallest absolute Gasteiger partial charge is 0.146 e. The molecular formula is C25H31FN2. The summed E-state index contributed by atoms with van der Waals surface area (Å²) in [4.78, 5) is 4.85. The van der Waals surface area contributed by atoms with E-state index in [0.29, 0.717) is 18.0 Å². The van der Waals surface area contributed by atoms with Gasteiger partial charge in [-0.3, -0.25) is 4.90 Å². The summed E-state index contributed by atoms with van der Waals surface area (Å²) in [7, 11) is 0. The van der Waals surface area contributed by atoms with Crippen molar-refractivity contribution in [3.63, 3.8) is 0 Å². The quantitative estimate of drug-likeness (QED) is 0.679. The van der Waals surface area contributed by atoms with Gasteiger partial charge in [0.05, 0.1) is 5.69 Å². The monoisotopic (exact) mass is 378 g/mol. The van der Waals surface area contributed by atoms with Crippen LogP contribution in [-0.2, 0) is 6.54 Å². The standard InChI is InChI=1S/C25H31FN2/c1-18-4-7-20(8-5-18)21-15-22-9-10-23(16-21)28(22)17-19-6-11-25(24(26)14-19)27-12-2-3-13-27/h4-8,11,14,21-23H,2-3,9-10,12-13,15-17H2,1H3. The predicted octanol–water partition coefficient (Wildman–Crippen LogP) is 5.64. The third-order valence-corrected chi connectivity index (χ3v) is 7.26. The lowest BCUT2D eigenvalue weighted by Crippen LogP contribution is -2.41. The first-order valence-corrected chi connectivity index (χ1v) is 11.0. The molecule has 0 amide bonds. The molecule has 3 aliphatic rings. The minimum absolute atomic E-state index is 0.0405. The van der Waals surface area contributed by atoms with Crippen LogP contribution in [0.3, 0.4) is 0 Å². The summed E-state index contributed by atoms with van der Waals surface area (Å²) in [5.41, 5.74) is 4.76. The summed E-state index contributed by atoms with van der Waals surface area (Å²) in [5.74, 6) is 0.643. The first-order valence-electron chi connectivity index (χ1n) is 11.0. The van der Waals surface area contributed by atoms with Crippen LogP contribution >= 0.6 is 0 Å². The number of piperidine rings is 1. The summed E-state index contributed by atoms with van der Waals surface area (Å²) >= 11 is 0. The van der Waals surface area contributed by atoms with Gasteiger partial charge in [-0.2, -0.15) is 0 Å². The molecule has 148 valence electrons. The van der Waals surface area contributed by atoms with Crippen molar-refractivity contribution < 1.29 is 4.39 Å². The van der Waals surface area contributed by atoms with E-state index in [9.17, 15) is 4.39 Å². The summed E-state index contributed by atoms with van der Waals surface area (Å²) < 4.78 is 14.7. The SMILES string of the molecule is Cc1ccc(C2CC3CCC(C2)N3Cc2ccc(N3CCCC3)c(F)c2)cc1. The molecule has 0 spiro atoms. The molecule has 0 saturated carbocycles. The molecule has 28 heavy (non-hydrogen) atoms. The number of hydrogen-bond donors (Lipinski definition) is 0. The Morgan fingerprint density at radius 3 is 2.25 bits per heavy atom. The van der Waals surface area contributed by atoms with Gasteiger partial charge >= 0.3 is 0 Å². The number of hydrogen-bond acceptors (Lipinski definition) is 2. The molecule has 3 heteroatoms. The molecule has 0 radical (unpaired) electrons. The van der Waals surface area contributed by atoms with Crippen LogP contribution in [0, 0.1) is 12.7 Å². The van der Waals surface area contributed by atoms with Crippen molar-refractivity contribution in [1.29, 1.82) is 0 Å². The number of halogens is 1. The van der Waals surface area contributed by atoms with Gasteiger partial charge in [-0.05, 0) is 74.6 Å². The molecular weight excluding hydrogens is 347 g/mol. The fraction of sp³-hybridized carbons (Fsp3) is 0.520. The molecule has 3 heterocycles. The van der Waals surface area contributed by atoms with E-state index in [4.69, 9.17) is 0 Å². The molecule has 0 aliphatic carbocycles. The van der Waals surface area contributed by atoms with Gasteiger partial charge in [0.2, 0.25) is 0 Å². The second kappa shape index (κ2) is 7.51. The Balaban J connectivity index is 1.28. The molecule has 2 aromatic rings. The highest BCUT2D eigenvalue weighted by molar-refractivity contribution is 5.50. The van der Waals surface area contributed by atoms with E-state index in [1.807, 2.05) is 6.07 Å². The van der Waals surface area contributed by atoms with Gasteiger partial charge in [-0.15, -0.1) is 0 Å². The zero-order chi connectivity index (χ0) is 19.1. The van der Waals surface area contributed by atoms with Gasteiger partial charge in [0.25, 0.3) is 0 Å². The maximum Gasteiger partial charge on any atom is 0.146 e. The van der Waals surface area contributed by atoms with Gasteiger partial charge in [0.1, 0.15) is 5.82 Å². The summed E-state index contributed by atoms with van der Waals surface area (Å²) in [6.45, 7) is 5.04. The zero-order valence-electron chi connectivity index (χ0n) is 16.9.